The minimum Gasteiger partial charge on any atom is -0.383 e. The Morgan fingerprint density at radius 2 is 1.89 bits per heavy atom. The summed E-state index contributed by atoms with van der Waals surface area (Å²) in [6, 6.07) is 3.07. The van der Waals surface area contributed by atoms with E-state index in [0.29, 0.717) is 38.2 Å². The van der Waals surface area contributed by atoms with Crippen LogP contribution >= 0.6 is 11.6 Å². The first-order valence-corrected chi connectivity index (χ1v) is 13.8. The zero-order valence-corrected chi connectivity index (χ0v) is 21.2. The van der Waals surface area contributed by atoms with Gasteiger partial charge in [-0.15, -0.1) is 0 Å². The molecule has 2 saturated heterocycles. The van der Waals surface area contributed by atoms with Gasteiger partial charge in [-0.05, 0) is 56.7 Å². The number of likely N-dealkylation sites (tertiary alicyclic amines) is 2. The second-order valence-corrected chi connectivity index (χ2v) is 11.4. The summed E-state index contributed by atoms with van der Waals surface area (Å²) < 4.78 is 33.6. The van der Waals surface area contributed by atoms with Crippen LogP contribution in [-0.2, 0) is 29.1 Å². The molecular formula is C23H31ClN4O6S. The summed E-state index contributed by atoms with van der Waals surface area (Å²) in [5, 5.41) is 2.80. The van der Waals surface area contributed by atoms with E-state index in [1.807, 2.05) is 0 Å². The van der Waals surface area contributed by atoms with Crippen LogP contribution in [0.2, 0.25) is 5.02 Å². The van der Waals surface area contributed by atoms with Gasteiger partial charge in [-0.2, -0.15) is 4.72 Å². The van der Waals surface area contributed by atoms with Gasteiger partial charge in [0.1, 0.15) is 6.04 Å². The number of rotatable bonds is 9. The Balaban J connectivity index is 1.39. The molecule has 2 heterocycles. The van der Waals surface area contributed by atoms with Crippen LogP contribution in [0, 0.1) is 5.92 Å². The fraction of sp³-hybridized carbons (Fsp3) is 0.609. The number of hydrogen-bond donors (Lipinski definition) is 2. The standard InChI is InChI=1S/C23H31ClN4O6S/c1-34-14-16-4-2-11-28(16)21(29)13-27-10-3-5-20(23(27)31)26-35(32,33)17-8-9-19(18(24)12-17)25-22(30)15-6-7-15/h8-9,12,15-16,20,26H,2-7,10-11,13-14H2,1H3,(H,25,30). The Morgan fingerprint density at radius 3 is 2.57 bits per heavy atom. The maximum absolute atomic E-state index is 13.0. The first-order chi connectivity index (χ1) is 16.7. The molecule has 3 fully saturated rings. The molecule has 0 bridgehead atoms. The quantitative estimate of drug-likeness (QED) is 0.503. The SMILES string of the molecule is COCC1CCCN1C(=O)CN1CCCC(NS(=O)(=O)c2ccc(NC(=O)C3CC3)c(Cl)c2)C1=O. The van der Waals surface area contributed by atoms with E-state index in [4.69, 9.17) is 16.3 Å². The number of methoxy groups -OCH3 is 1. The van der Waals surface area contributed by atoms with Crippen LogP contribution in [0.4, 0.5) is 5.69 Å². The molecule has 1 aromatic rings. The second-order valence-electron chi connectivity index (χ2n) is 9.32. The van der Waals surface area contributed by atoms with E-state index in [1.165, 1.54) is 23.1 Å². The van der Waals surface area contributed by atoms with Gasteiger partial charge < -0.3 is 19.9 Å². The lowest BCUT2D eigenvalue weighted by atomic mass is 10.1. The molecule has 4 rings (SSSR count). The number of nitrogens with one attached hydrogen (secondary N) is 2. The highest BCUT2D eigenvalue weighted by atomic mass is 35.5. The molecule has 0 aromatic heterocycles. The number of benzene rings is 1. The van der Waals surface area contributed by atoms with Gasteiger partial charge in [-0.3, -0.25) is 14.4 Å². The third kappa shape index (κ3) is 6.14. The molecule has 1 aliphatic carbocycles. The zero-order valence-electron chi connectivity index (χ0n) is 19.7. The van der Waals surface area contributed by atoms with Crippen molar-refractivity contribution >= 4 is 45.0 Å². The van der Waals surface area contributed by atoms with Crippen molar-refractivity contribution in [2.24, 2.45) is 5.92 Å². The molecule has 0 radical (unpaired) electrons. The van der Waals surface area contributed by atoms with E-state index < -0.39 is 22.0 Å². The van der Waals surface area contributed by atoms with Crippen molar-refractivity contribution in [3.63, 3.8) is 0 Å². The number of carbonyl (C=O) groups is 3. The van der Waals surface area contributed by atoms with Crippen molar-refractivity contribution in [2.75, 3.05) is 38.7 Å². The van der Waals surface area contributed by atoms with E-state index in [9.17, 15) is 22.8 Å². The lowest BCUT2D eigenvalue weighted by Crippen LogP contribution is -2.55. The fourth-order valence-electron chi connectivity index (χ4n) is 4.59. The molecule has 35 heavy (non-hydrogen) atoms. The molecule has 0 spiro atoms. The highest BCUT2D eigenvalue weighted by molar-refractivity contribution is 7.89. The van der Waals surface area contributed by atoms with Crippen molar-refractivity contribution < 1.29 is 27.5 Å². The van der Waals surface area contributed by atoms with E-state index in [2.05, 4.69) is 10.0 Å². The molecule has 2 unspecified atom stereocenters. The van der Waals surface area contributed by atoms with Gasteiger partial charge in [-0.25, -0.2) is 8.42 Å². The summed E-state index contributed by atoms with van der Waals surface area (Å²) in [6.07, 6.45) is 4.33. The Bertz CT molecular complexity index is 1090. The maximum atomic E-state index is 13.0. The Labute approximate surface area is 210 Å². The molecule has 3 aliphatic rings. The molecule has 10 nitrogen and oxygen atoms in total. The Hall–Kier alpha value is -2.21. The first kappa shape index (κ1) is 25.9. The monoisotopic (exact) mass is 526 g/mol. The van der Waals surface area contributed by atoms with Crippen LogP contribution in [0.25, 0.3) is 0 Å². The number of carbonyl (C=O) groups excluding carboxylic acids is 3. The molecule has 1 saturated carbocycles. The third-order valence-corrected chi connectivity index (χ3v) is 8.45. The lowest BCUT2D eigenvalue weighted by molar-refractivity contribution is -0.144. The number of ether oxygens (including phenoxy) is 1. The number of halogens is 1. The second kappa shape index (κ2) is 10.8. The predicted molar refractivity (Wildman–Crippen MR) is 129 cm³/mol. The Morgan fingerprint density at radius 1 is 1.14 bits per heavy atom. The molecule has 2 aliphatic heterocycles. The number of nitrogens with zero attached hydrogens (tertiary/aromatic N) is 2. The van der Waals surface area contributed by atoms with Crippen LogP contribution in [0.5, 0.6) is 0 Å². The van der Waals surface area contributed by atoms with Crippen molar-refractivity contribution in [2.45, 2.75) is 55.5 Å². The highest BCUT2D eigenvalue weighted by Gasteiger charge is 2.36. The van der Waals surface area contributed by atoms with Crippen molar-refractivity contribution in [1.82, 2.24) is 14.5 Å². The summed E-state index contributed by atoms with van der Waals surface area (Å²) in [5.74, 6) is -0.725. The van der Waals surface area contributed by atoms with Crippen LogP contribution in [0.1, 0.15) is 38.5 Å². The van der Waals surface area contributed by atoms with E-state index >= 15 is 0 Å². The summed E-state index contributed by atoms with van der Waals surface area (Å²) in [5.41, 5.74) is 0.342. The van der Waals surface area contributed by atoms with Gasteiger partial charge in [0, 0.05) is 26.1 Å². The van der Waals surface area contributed by atoms with Crippen molar-refractivity contribution in [3.05, 3.63) is 23.2 Å². The van der Waals surface area contributed by atoms with Crippen molar-refractivity contribution in [1.29, 1.82) is 0 Å². The maximum Gasteiger partial charge on any atom is 0.242 e. The predicted octanol–water partition coefficient (Wildman–Crippen LogP) is 1.60. The Kier molecular flexibility index (Phi) is 7.99. The van der Waals surface area contributed by atoms with Gasteiger partial charge in [0.15, 0.2) is 0 Å². The molecule has 1 aromatic carbocycles. The fourth-order valence-corrected chi connectivity index (χ4v) is 6.13. The third-order valence-electron chi connectivity index (χ3n) is 6.67. The normalized spacial score (nSPS) is 23.0. The van der Waals surface area contributed by atoms with Crippen LogP contribution in [-0.4, -0.2) is 81.4 Å². The van der Waals surface area contributed by atoms with Gasteiger partial charge in [0.2, 0.25) is 27.7 Å². The van der Waals surface area contributed by atoms with E-state index in [1.54, 1.807) is 12.0 Å². The smallest absolute Gasteiger partial charge is 0.242 e. The molecule has 2 N–H and O–H groups in total. The number of sulfonamides is 1. The lowest BCUT2D eigenvalue weighted by Gasteiger charge is -2.34. The summed E-state index contributed by atoms with van der Waals surface area (Å²) >= 11 is 6.22. The average molecular weight is 527 g/mol. The van der Waals surface area contributed by atoms with Gasteiger partial charge in [0.25, 0.3) is 0 Å². The zero-order chi connectivity index (χ0) is 25.2. The van der Waals surface area contributed by atoms with Gasteiger partial charge in [0.05, 0.1) is 34.8 Å². The minimum absolute atomic E-state index is 0.00321. The summed E-state index contributed by atoms with van der Waals surface area (Å²) in [7, 11) is -2.46. The van der Waals surface area contributed by atoms with Crippen LogP contribution < -0.4 is 10.0 Å². The topological polar surface area (TPSA) is 125 Å². The molecule has 2 atom stereocenters. The van der Waals surface area contributed by atoms with Gasteiger partial charge >= 0.3 is 0 Å². The first-order valence-electron chi connectivity index (χ1n) is 11.9. The van der Waals surface area contributed by atoms with Crippen LogP contribution in [0.15, 0.2) is 23.1 Å². The van der Waals surface area contributed by atoms with E-state index in [0.717, 1.165) is 25.7 Å². The van der Waals surface area contributed by atoms with Gasteiger partial charge in [-0.1, -0.05) is 11.6 Å². The number of hydrogen-bond acceptors (Lipinski definition) is 6. The van der Waals surface area contributed by atoms with Crippen molar-refractivity contribution in [3.8, 4) is 0 Å². The minimum atomic E-state index is -4.05. The summed E-state index contributed by atoms with van der Waals surface area (Å²) in [6.45, 7) is 1.39. The molecular weight excluding hydrogens is 496 g/mol. The number of anilines is 1. The number of amides is 3. The van der Waals surface area contributed by atoms with Crippen LogP contribution in [0.3, 0.4) is 0 Å². The molecule has 12 heteroatoms. The highest BCUT2D eigenvalue weighted by Crippen LogP contribution is 2.32. The number of piperidine rings is 1. The summed E-state index contributed by atoms with van der Waals surface area (Å²) in [4.78, 5) is 40.9. The van der Waals surface area contributed by atoms with E-state index in [-0.39, 0.29) is 40.2 Å². The largest absolute Gasteiger partial charge is 0.383 e. The molecule has 3 amide bonds. The molecule has 192 valence electrons. The average Bonchev–Trinajstić information content (AvgIpc) is 3.56.